The minimum absolute atomic E-state index is 1.16. The standard InChI is InChI=1S/C10H19Br/c1-2-3-4-5-6-7-8-9-10-11/h4-5H,2-3,6-10H2,1H3/b5-4+. The van der Waals surface area contributed by atoms with Crippen LogP contribution >= 0.6 is 15.9 Å². The van der Waals surface area contributed by atoms with E-state index in [1.54, 1.807) is 0 Å². The molecule has 0 radical (unpaired) electrons. The first kappa shape index (κ1) is 11.2. The fraction of sp³-hybridized carbons (Fsp3) is 0.800. The lowest BCUT2D eigenvalue weighted by Crippen LogP contribution is -1.75. The molecule has 0 rings (SSSR count). The number of hydrogen-bond acceptors (Lipinski definition) is 0. The van der Waals surface area contributed by atoms with Crippen molar-refractivity contribution in [1.82, 2.24) is 0 Å². The lowest BCUT2D eigenvalue weighted by Gasteiger charge is -1.92. The zero-order chi connectivity index (χ0) is 8.36. The monoisotopic (exact) mass is 218 g/mol. The Hall–Kier alpha value is 0.220. The van der Waals surface area contributed by atoms with Crippen LogP contribution in [0.15, 0.2) is 12.2 Å². The van der Waals surface area contributed by atoms with E-state index in [-0.39, 0.29) is 0 Å². The van der Waals surface area contributed by atoms with Gasteiger partial charge in [0.2, 0.25) is 0 Å². The maximum absolute atomic E-state index is 3.43. The molecule has 0 atom stereocenters. The van der Waals surface area contributed by atoms with Crippen LogP contribution in [0.25, 0.3) is 0 Å². The summed E-state index contributed by atoms with van der Waals surface area (Å²) in [6, 6.07) is 0. The van der Waals surface area contributed by atoms with Crippen molar-refractivity contribution in [3.8, 4) is 0 Å². The van der Waals surface area contributed by atoms with Crippen molar-refractivity contribution >= 4 is 15.9 Å². The Bertz CT molecular complexity index is 86.9. The van der Waals surface area contributed by atoms with Crippen molar-refractivity contribution in [3.63, 3.8) is 0 Å². The third-order valence-electron chi connectivity index (χ3n) is 1.63. The Balaban J connectivity index is 2.89. The smallest absolute Gasteiger partial charge is 0.00313 e. The number of unbranched alkanes of at least 4 members (excludes halogenated alkanes) is 4. The van der Waals surface area contributed by atoms with Crippen LogP contribution in [0.5, 0.6) is 0 Å². The predicted octanol–water partition coefficient (Wildman–Crippen LogP) is 4.30. The van der Waals surface area contributed by atoms with Crippen molar-refractivity contribution < 1.29 is 0 Å². The molecule has 0 saturated heterocycles. The van der Waals surface area contributed by atoms with Gasteiger partial charge < -0.3 is 0 Å². The number of allylic oxidation sites excluding steroid dienone is 2. The SMILES string of the molecule is CCC/C=C/CCCCCBr. The van der Waals surface area contributed by atoms with Crippen LogP contribution in [-0.2, 0) is 0 Å². The highest BCUT2D eigenvalue weighted by molar-refractivity contribution is 9.09. The van der Waals surface area contributed by atoms with Gasteiger partial charge in [0.25, 0.3) is 0 Å². The lowest BCUT2D eigenvalue weighted by atomic mass is 10.2. The van der Waals surface area contributed by atoms with Gasteiger partial charge in [-0.25, -0.2) is 0 Å². The fourth-order valence-electron chi connectivity index (χ4n) is 0.936. The van der Waals surface area contributed by atoms with E-state index in [4.69, 9.17) is 0 Å². The summed E-state index contributed by atoms with van der Waals surface area (Å²) in [5, 5.41) is 1.16. The zero-order valence-electron chi connectivity index (χ0n) is 7.48. The summed E-state index contributed by atoms with van der Waals surface area (Å²) in [5.74, 6) is 0. The van der Waals surface area contributed by atoms with Gasteiger partial charge in [-0.15, -0.1) is 0 Å². The van der Waals surface area contributed by atoms with Gasteiger partial charge in [-0.3, -0.25) is 0 Å². The van der Waals surface area contributed by atoms with E-state index in [1.807, 2.05) is 0 Å². The molecule has 0 aliphatic rings. The average molecular weight is 219 g/mol. The van der Waals surface area contributed by atoms with E-state index in [1.165, 1.54) is 38.5 Å². The third kappa shape index (κ3) is 10.2. The van der Waals surface area contributed by atoms with E-state index in [0.29, 0.717) is 0 Å². The van der Waals surface area contributed by atoms with Gasteiger partial charge in [-0.05, 0) is 25.7 Å². The van der Waals surface area contributed by atoms with E-state index in [9.17, 15) is 0 Å². The highest BCUT2D eigenvalue weighted by Crippen LogP contribution is 2.03. The van der Waals surface area contributed by atoms with Gasteiger partial charge in [0.1, 0.15) is 0 Å². The summed E-state index contributed by atoms with van der Waals surface area (Å²) in [7, 11) is 0. The Labute approximate surface area is 79.2 Å². The average Bonchev–Trinajstić information content (AvgIpc) is 2.03. The van der Waals surface area contributed by atoms with Crippen molar-refractivity contribution in [2.24, 2.45) is 0 Å². The first-order valence-electron chi connectivity index (χ1n) is 4.62. The number of hydrogen-bond donors (Lipinski definition) is 0. The second kappa shape index (κ2) is 10.2. The maximum atomic E-state index is 3.43. The normalized spacial score (nSPS) is 11.1. The molecule has 66 valence electrons. The van der Waals surface area contributed by atoms with Crippen LogP contribution in [0.1, 0.15) is 45.4 Å². The van der Waals surface area contributed by atoms with Crippen LogP contribution in [-0.4, -0.2) is 5.33 Å². The molecule has 0 aliphatic heterocycles. The van der Waals surface area contributed by atoms with Crippen LogP contribution in [0.4, 0.5) is 0 Å². The first-order valence-corrected chi connectivity index (χ1v) is 5.75. The Morgan fingerprint density at radius 1 is 1.00 bits per heavy atom. The molecular weight excluding hydrogens is 200 g/mol. The summed E-state index contributed by atoms with van der Waals surface area (Å²) >= 11 is 3.43. The van der Waals surface area contributed by atoms with E-state index < -0.39 is 0 Å². The van der Waals surface area contributed by atoms with Crippen LogP contribution in [0.3, 0.4) is 0 Å². The van der Waals surface area contributed by atoms with Crippen LogP contribution in [0.2, 0.25) is 0 Å². The van der Waals surface area contributed by atoms with Gasteiger partial charge in [0, 0.05) is 5.33 Å². The summed E-state index contributed by atoms with van der Waals surface area (Å²) in [5.41, 5.74) is 0. The molecule has 0 aromatic carbocycles. The van der Waals surface area contributed by atoms with E-state index in [0.717, 1.165) is 5.33 Å². The number of halogens is 1. The molecular formula is C10H19Br. The summed E-state index contributed by atoms with van der Waals surface area (Å²) in [6.45, 7) is 2.22. The van der Waals surface area contributed by atoms with Crippen molar-refractivity contribution in [2.45, 2.75) is 45.4 Å². The summed E-state index contributed by atoms with van der Waals surface area (Å²) in [4.78, 5) is 0. The molecule has 0 aromatic heterocycles. The molecule has 0 saturated carbocycles. The number of rotatable bonds is 7. The molecule has 1 heteroatoms. The van der Waals surface area contributed by atoms with Crippen molar-refractivity contribution in [1.29, 1.82) is 0 Å². The Kier molecular flexibility index (Phi) is 10.4. The zero-order valence-corrected chi connectivity index (χ0v) is 9.07. The van der Waals surface area contributed by atoms with Gasteiger partial charge in [0.15, 0.2) is 0 Å². The molecule has 0 bridgehead atoms. The molecule has 0 aliphatic carbocycles. The molecule has 11 heavy (non-hydrogen) atoms. The largest absolute Gasteiger partial charge is 0.0928 e. The van der Waals surface area contributed by atoms with E-state index in [2.05, 4.69) is 35.0 Å². The third-order valence-corrected chi connectivity index (χ3v) is 2.19. The molecule has 0 nitrogen and oxygen atoms in total. The summed E-state index contributed by atoms with van der Waals surface area (Å²) < 4.78 is 0. The molecule has 0 N–H and O–H groups in total. The van der Waals surface area contributed by atoms with Gasteiger partial charge >= 0.3 is 0 Å². The topological polar surface area (TPSA) is 0 Å². The first-order chi connectivity index (χ1) is 5.41. The quantitative estimate of drug-likeness (QED) is 0.340. The molecule has 0 fully saturated rings. The second-order valence-corrected chi connectivity index (χ2v) is 3.59. The molecule has 0 unspecified atom stereocenters. The van der Waals surface area contributed by atoms with Gasteiger partial charge in [-0.1, -0.05) is 47.8 Å². The predicted molar refractivity (Wildman–Crippen MR) is 56.3 cm³/mol. The van der Waals surface area contributed by atoms with Crippen LogP contribution in [0, 0.1) is 0 Å². The van der Waals surface area contributed by atoms with Gasteiger partial charge in [0.05, 0.1) is 0 Å². The minimum Gasteiger partial charge on any atom is -0.0928 e. The van der Waals surface area contributed by atoms with Crippen molar-refractivity contribution in [3.05, 3.63) is 12.2 Å². The summed E-state index contributed by atoms with van der Waals surface area (Å²) in [6.07, 6.45) is 12.4. The molecule has 0 aromatic rings. The number of alkyl halides is 1. The fourth-order valence-corrected chi connectivity index (χ4v) is 1.33. The highest BCUT2D eigenvalue weighted by Gasteiger charge is 1.84. The minimum atomic E-state index is 1.16. The lowest BCUT2D eigenvalue weighted by molar-refractivity contribution is 0.735. The van der Waals surface area contributed by atoms with Crippen LogP contribution < -0.4 is 0 Å². The second-order valence-electron chi connectivity index (χ2n) is 2.80. The van der Waals surface area contributed by atoms with Gasteiger partial charge in [-0.2, -0.15) is 0 Å². The molecule has 0 heterocycles. The highest BCUT2D eigenvalue weighted by atomic mass is 79.9. The Morgan fingerprint density at radius 3 is 2.36 bits per heavy atom. The maximum Gasteiger partial charge on any atom is 0.00313 e. The molecule has 0 amide bonds. The molecule has 0 spiro atoms. The van der Waals surface area contributed by atoms with E-state index >= 15 is 0 Å². The Morgan fingerprint density at radius 2 is 1.73 bits per heavy atom. The van der Waals surface area contributed by atoms with Crippen molar-refractivity contribution in [2.75, 3.05) is 5.33 Å².